The number of rotatable bonds is 6. The Morgan fingerprint density at radius 3 is 2.65 bits per heavy atom. The molecule has 2 nitrogen and oxygen atoms in total. The van der Waals surface area contributed by atoms with E-state index in [2.05, 4.69) is 13.8 Å². The molecule has 96 valence electrons. The largest absolute Gasteiger partial charge is 0.493 e. The van der Waals surface area contributed by atoms with Gasteiger partial charge in [0.05, 0.1) is 12.7 Å². The van der Waals surface area contributed by atoms with Crippen molar-refractivity contribution >= 4 is 11.6 Å². The number of ether oxygens (including phenoxy) is 1. The Morgan fingerprint density at radius 1 is 1.35 bits per heavy atom. The van der Waals surface area contributed by atoms with E-state index in [-0.39, 0.29) is 0 Å². The molecule has 1 rings (SSSR count). The topological polar surface area (TPSA) is 29.5 Å². The first-order valence-electron chi connectivity index (χ1n) is 6.14. The van der Waals surface area contributed by atoms with Gasteiger partial charge in [0.2, 0.25) is 0 Å². The second-order valence-corrected chi connectivity index (χ2v) is 5.10. The predicted octanol–water partition coefficient (Wildman–Crippen LogP) is 4.21. The number of hydrogen-bond acceptors (Lipinski definition) is 2. The van der Waals surface area contributed by atoms with E-state index in [0.29, 0.717) is 24.0 Å². The summed E-state index contributed by atoms with van der Waals surface area (Å²) in [6, 6.07) is 5.46. The maximum atomic E-state index is 9.96. The first-order valence-corrected chi connectivity index (χ1v) is 6.52. The summed E-state index contributed by atoms with van der Waals surface area (Å²) in [6.07, 6.45) is 1.14. The molecule has 0 aromatic heterocycles. The van der Waals surface area contributed by atoms with Gasteiger partial charge in [0, 0.05) is 10.6 Å². The third-order valence-corrected chi connectivity index (χ3v) is 2.82. The van der Waals surface area contributed by atoms with Gasteiger partial charge in [0.1, 0.15) is 5.75 Å². The molecular weight excluding hydrogens is 236 g/mol. The summed E-state index contributed by atoms with van der Waals surface area (Å²) >= 11 is 6.07. The Morgan fingerprint density at radius 2 is 2.06 bits per heavy atom. The van der Waals surface area contributed by atoms with Crippen LogP contribution in [0.4, 0.5) is 0 Å². The molecule has 1 aromatic rings. The van der Waals surface area contributed by atoms with Crippen LogP contribution in [0, 0.1) is 5.92 Å². The molecule has 1 unspecified atom stereocenters. The molecule has 0 saturated heterocycles. The maximum Gasteiger partial charge on any atom is 0.119 e. The average molecular weight is 257 g/mol. The van der Waals surface area contributed by atoms with Gasteiger partial charge in [-0.05, 0) is 30.5 Å². The lowest BCUT2D eigenvalue weighted by Crippen LogP contribution is -2.05. The maximum absolute atomic E-state index is 9.96. The molecule has 0 spiro atoms. The quantitative estimate of drug-likeness (QED) is 0.826. The summed E-state index contributed by atoms with van der Waals surface area (Å²) in [5, 5.41) is 10.6. The molecule has 1 N–H and O–H groups in total. The number of halogens is 1. The van der Waals surface area contributed by atoms with E-state index in [4.69, 9.17) is 16.3 Å². The third kappa shape index (κ3) is 4.57. The van der Waals surface area contributed by atoms with Gasteiger partial charge in [-0.2, -0.15) is 0 Å². The van der Waals surface area contributed by atoms with Crippen LogP contribution in [0.5, 0.6) is 5.75 Å². The monoisotopic (exact) mass is 256 g/mol. The van der Waals surface area contributed by atoms with Crippen molar-refractivity contribution in [2.75, 3.05) is 6.61 Å². The van der Waals surface area contributed by atoms with Gasteiger partial charge in [-0.1, -0.05) is 38.8 Å². The van der Waals surface area contributed by atoms with Gasteiger partial charge >= 0.3 is 0 Å². The zero-order chi connectivity index (χ0) is 12.8. The summed E-state index contributed by atoms with van der Waals surface area (Å²) in [5.74, 6) is 1.25. The highest BCUT2D eigenvalue weighted by Crippen LogP contribution is 2.29. The average Bonchev–Trinajstić information content (AvgIpc) is 2.28. The van der Waals surface area contributed by atoms with E-state index in [9.17, 15) is 5.11 Å². The number of aliphatic hydroxyl groups is 1. The summed E-state index contributed by atoms with van der Waals surface area (Å²) < 4.78 is 5.62. The van der Waals surface area contributed by atoms with Crippen LogP contribution in [0.15, 0.2) is 18.2 Å². The molecule has 0 saturated carbocycles. The molecule has 0 aliphatic heterocycles. The fourth-order valence-electron chi connectivity index (χ4n) is 1.56. The minimum atomic E-state index is -0.505. The first-order chi connectivity index (χ1) is 8.04. The molecule has 0 radical (unpaired) electrons. The van der Waals surface area contributed by atoms with Crippen LogP contribution in [0.25, 0.3) is 0 Å². The molecule has 0 bridgehead atoms. The van der Waals surface area contributed by atoms with E-state index in [0.717, 1.165) is 17.7 Å². The van der Waals surface area contributed by atoms with Crippen LogP contribution in [0.2, 0.25) is 5.02 Å². The number of hydrogen-bond donors (Lipinski definition) is 1. The lowest BCUT2D eigenvalue weighted by atomic mass is 10.1. The van der Waals surface area contributed by atoms with Crippen LogP contribution < -0.4 is 4.74 Å². The van der Waals surface area contributed by atoms with Crippen LogP contribution in [0.3, 0.4) is 0 Å². The second kappa shape index (κ2) is 6.87. The highest BCUT2D eigenvalue weighted by molar-refractivity contribution is 6.31. The molecule has 1 aromatic carbocycles. The van der Waals surface area contributed by atoms with Crippen LogP contribution >= 0.6 is 11.6 Å². The standard InChI is InChI=1S/C14H21ClO2/c1-4-5-14(16)12-8-11(6-7-13(12)15)17-9-10(2)3/h6-8,10,14,16H,4-5,9H2,1-3H3. The van der Waals surface area contributed by atoms with Crippen LogP contribution in [-0.4, -0.2) is 11.7 Å². The molecular formula is C14H21ClO2. The van der Waals surface area contributed by atoms with Gasteiger partial charge < -0.3 is 9.84 Å². The fourth-order valence-corrected chi connectivity index (χ4v) is 1.80. The Balaban J connectivity index is 2.78. The van der Waals surface area contributed by atoms with E-state index >= 15 is 0 Å². The van der Waals surface area contributed by atoms with Crippen LogP contribution in [-0.2, 0) is 0 Å². The Bertz CT molecular complexity index is 350. The second-order valence-electron chi connectivity index (χ2n) is 4.69. The fraction of sp³-hybridized carbons (Fsp3) is 0.571. The van der Waals surface area contributed by atoms with Gasteiger partial charge in [-0.25, -0.2) is 0 Å². The minimum Gasteiger partial charge on any atom is -0.493 e. The molecule has 3 heteroatoms. The zero-order valence-corrected chi connectivity index (χ0v) is 11.5. The smallest absolute Gasteiger partial charge is 0.119 e. The van der Waals surface area contributed by atoms with E-state index in [1.54, 1.807) is 6.07 Å². The molecule has 0 aliphatic carbocycles. The predicted molar refractivity (Wildman–Crippen MR) is 71.7 cm³/mol. The van der Waals surface area contributed by atoms with Gasteiger partial charge in [0.15, 0.2) is 0 Å². The summed E-state index contributed by atoms with van der Waals surface area (Å²) in [7, 11) is 0. The lowest BCUT2D eigenvalue weighted by Gasteiger charge is -2.14. The van der Waals surface area contributed by atoms with Crippen molar-refractivity contribution in [1.82, 2.24) is 0 Å². The van der Waals surface area contributed by atoms with E-state index < -0.39 is 6.10 Å². The number of aliphatic hydroxyl groups excluding tert-OH is 1. The highest BCUT2D eigenvalue weighted by atomic mass is 35.5. The summed E-state index contributed by atoms with van der Waals surface area (Å²) in [4.78, 5) is 0. The summed E-state index contributed by atoms with van der Waals surface area (Å²) in [5.41, 5.74) is 0.759. The molecule has 17 heavy (non-hydrogen) atoms. The van der Waals surface area contributed by atoms with Gasteiger partial charge in [-0.15, -0.1) is 0 Å². The van der Waals surface area contributed by atoms with Crippen LogP contribution in [0.1, 0.15) is 45.3 Å². The van der Waals surface area contributed by atoms with Crippen molar-refractivity contribution in [3.8, 4) is 5.75 Å². The molecule has 0 heterocycles. The Hall–Kier alpha value is -0.730. The Kier molecular flexibility index (Phi) is 5.79. The molecule has 0 amide bonds. The molecule has 1 atom stereocenters. The van der Waals surface area contributed by atoms with Crippen molar-refractivity contribution in [2.45, 2.75) is 39.7 Å². The first kappa shape index (κ1) is 14.3. The van der Waals surface area contributed by atoms with Crippen molar-refractivity contribution in [3.05, 3.63) is 28.8 Å². The Labute approximate surface area is 109 Å². The van der Waals surface area contributed by atoms with Crippen molar-refractivity contribution < 1.29 is 9.84 Å². The third-order valence-electron chi connectivity index (χ3n) is 2.47. The molecule has 0 aliphatic rings. The minimum absolute atomic E-state index is 0.481. The van der Waals surface area contributed by atoms with E-state index in [1.165, 1.54) is 0 Å². The zero-order valence-electron chi connectivity index (χ0n) is 10.7. The van der Waals surface area contributed by atoms with Gasteiger partial charge in [-0.3, -0.25) is 0 Å². The van der Waals surface area contributed by atoms with Crippen molar-refractivity contribution in [2.24, 2.45) is 5.92 Å². The molecule has 0 fully saturated rings. The lowest BCUT2D eigenvalue weighted by molar-refractivity contribution is 0.166. The van der Waals surface area contributed by atoms with Crippen molar-refractivity contribution in [3.63, 3.8) is 0 Å². The SMILES string of the molecule is CCCC(O)c1cc(OCC(C)C)ccc1Cl. The van der Waals surface area contributed by atoms with E-state index in [1.807, 2.05) is 19.1 Å². The van der Waals surface area contributed by atoms with Gasteiger partial charge in [0.25, 0.3) is 0 Å². The normalized spacial score (nSPS) is 12.8. The number of benzene rings is 1. The summed E-state index contributed by atoms with van der Waals surface area (Å²) in [6.45, 7) is 6.91. The highest BCUT2D eigenvalue weighted by Gasteiger charge is 2.12. The van der Waals surface area contributed by atoms with Crippen molar-refractivity contribution in [1.29, 1.82) is 0 Å².